The number of hydrogen-bond donors (Lipinski definition) is 3. The molecule has 13 nitrogen and oxygen atoms in total. The van der Waals surface area contributed by atoms with Crippen molar-refractivity contribution in [2.24, 2.45) is 17.8 Å². The highest BCUT2D eigenvalue weighted by atomic mass is 35.5. The zero-order valence-electron chi connectivity index (χ0n) is 18.2. The first kappa shape index (κ1) is 24.0. The monoisotopic (exact) mass is 497 g/mol. The van der Waals surface area contributed by atoms with Gasteiger partial charge < -0.3 is 25.4 Å². The minimum Gasteiger partial charge on any atom is -0.481 e. The van der Waals surface area contributed by atoms with Gasteiger partial charge in [-0.25, -0.2) is 9.36 Å². The van der Waals surface area contributed by atoms with Gasteiger partial charge in [-0.05, 0) is 18.8 Å². The number of ether oxygens (including phenoxy) is 2. The lowest BCUT2D eigenvalue weighted by molar-refractivity contribution is -0.147. The van der Waals surface area contributed by atoms with Crippen LogP contribution in [0.3, 0.4) is 0 Å². The van der Waals surface area contributed by atoms with Crippen LogP contribution in [-0.2, 0) is 30.4 Å². The Morgan fingerprint density at radius 1 is 1.18 bits per heavy atom. The number of carbonyl (C=O) groups excluding carboxylic acids is 1. The minimum atomic E-state index is -1.21. The van der Waals surface area contributed by atoms with Gasteiger partial charge in [-0.3, -0.25) is 19.0 Å². The smallest absolute Gasteiger partial charge is 0.332 e. The molecular formula is C20H24ClN5O8. The summed E-state index contributed by atoms with van der Waals surface area (Å²) in [7, 11) is 0. The van der Waals surface area contributed by atoms with E-state index in [2.05, 4.69) is 9.97 Å². The van der Waals surface area contributed by atoms with Crippen LogP contribution in [-0.4, -0.2) is 59.9 Å². The predicted molar refractivity (Wildman–Crippen MR) is 116 cm³/mol. The number of hydrogen-bond acceptors (Lipinski definition) is 9. The highest BCUT2D eigenvalue weighted by molar-refractivity contribution is 6.33. The topological polar surface area (TPSA) is 189 Å². The molecule has 0 radical (unpaired) electrons. The third kappa shape index (κ3) is 4.71. The van der Waals surface area contributed by atoms with Gasteiger partial charge in [-0.1, -0.05) is 11.6 Å². The molecule has 14 heteroatoms. The Balaban J connectivity index is 1.86. The number of nitrogen functional groups attached to an aromatic ring is 1. The molecule has 2 aliphatic rings. The van der Waals surface area contributed by atoms with Gasteiger partial charge in [0.25, 0.3) is 0 Å². The Morgan fingerprint density at radius 3 is 2.41 bits per heavy atom. The van der Waals surface area contributed by atoms with Crippen molar-refractivity contribution in [3.63, 3.8) is 0 Å². The van der Waals surface area contributed by atoms with Crippen LogP contribution in [0.1, 0.15) is 38.8 Å². The van der Waals surface area contributed by atoms with Crippen LogP contribution in [0.4, 0.5) is 5.95 Å². The van der Waals surface area contributed by atoms with Gasteiger partial charge in [0.15, 0.2) is 10.8 Å². The van der Waals surface area contributed by atoms with Crippen molar-refractivity contribution in [2.75, 3.05) is 12.3 Å². The molecule has 0 amide bonds. The Kier molecular flexibility index (Phi) is 6.49. The molecule has 1 saturated carbocycles. The van der Waals surface area contributed by atoms with Crippen LogP contribution in [0.5, 0.6) is 0 Å². The van der Waals surface area contributed by atoms with E-state index in [9.17, 15) is 29.4 Å². The van der Waals surface area contributed by atoms with Gasteiger partial charge in [0, 0.05) is 25.3 Å². The molecule has 1 aliphatic heterocycles. The molecule has 0 bridgehead atoms. The lowest BCUT2D eigenvalue weighted by atomic mass is 9.84. The number of anilines is 1. The first-order chi connectivity index (χ1) is 16.1. The van der Waals surface area contributed by atoms with Gasteiger partial charge >= 0.3 is 23.6 Å². The maximum atomic E-state index is 13.6. The first-order valence-electron chi connectivity index (χ1n) is 10.7. The molecule has 2 fully saturated rings. The van der Waals surface area contributed by atoms with E-state index in [1.165, 1.54) is 11.5 Å². The molecule has 0 aromatic carbocycles. The molecule has 4 N–H and O–H groups in total. The van der Waals surface area contributed by atoms with Crippen molar-refractivity contribution in [1.29, 1.82) is 0 Å². The van der Waals surface area contributed by atoms with E-state index in [0.29, 0.717) is 6.54 Å². The fraction of sp³-hybridized carbons (Fsp3) is 0.600. The van der Waals surface area contributed by atoms with Gasteiger partial charge in [-0.2, -0.15) is 9.97 Å². The van der Waals surface area contributed by atoms with Crippen LogP contribution < -0.4 is 11.4 Å². The van der Waals surface area contributed by atoms with Crippen molar-refractivity contribution in [1.82, 2.24) is 19.1 Å². The van der Waals surface area contributed by atoms with E-state index >= 15 is 0 Å². The first-order valence-corrected chi connectivity index (χ1v) is 11.1. The number of aliphatic carboxylic acids is 2. The molecule has 2 aromatic heterocycles. The van der Waals surface area contributed by atoms with Crippen LogP contribution in [0.2, 0.25) is 5.15 Å². The summed E-state index contributed by atoms with van der Waals surface area (Å²) < 4.78 is 13.6. The maximum Gasteiger partial charge on any atom is 0.332 e. The fourth-order valence-corrected chi connectivity index (χ4v) is 4.80. The molecule has 1 saturated heterocycles. The molecule has 34 heavy (non-hydrogen) atoms. The van der Waals surface area contributed by atoms with Gasteiger partial charge in [-0.15, -0.1) is 0 Å². The van der Waals surface area contributed by atoms with E-state index in [-0.39, 0.29) is 34.8 Å². The third-order valence-electron chi connectivity index (χ3n) is 6.15. The highest BCUT2D eigenvalue weighted by Crippen LogP contribution is 2.44. The number of carboxylic acid groups (broad SMARTS) is 2. The molecule has 0 spiro atoms. The third-order valence-corrected chi connectivity index (χ3v) is 6.41. The molecule has 0 unspecified atom stereocenters. The number of rotatable bonds is 9. The summed E-state index contributed by atoms with van der Waals surface area (Å²) in [6.07, 6.45) is -1.22. The zero-order chi connectivity index (χ0) is 24.7. The van der Waals surface area contributed by atoms with E-state index in [4.69, 9.17) is 26.8 Å². The summed E-state index contributed by atoms with van der Waals surface area (Å²) in [5.74, 6) is -4.72. The number of fused-ring (bicyclic) bond motifs is 1. The summed E-state index contributed by atoms with van der Waals surface area (Å²) in [5, 5.41) is 19.0. The number of aromatic nitrogens is 4. The van der Waals surface area contributed by atoms with Crippen molar-refractivity contribution in [3.05, 3.63) is 15.6 Å². The minimum absolute atomic E-state index is 0.0367. The molecule has 4 atom stereocenters. The van der Waals surface area contributed by atoms with Gasteiger partial charge in [0.2, 0.25) is 5.95 Å². The number of nitrogens with zero attached hydrogens (tertiary/aromatic N) is 4. The number of nitrogens with two attached hydrogens (primary N) is 1. The Labute approximate surface area is 197 Å². The van der Waals surface area contributed by atoms with E-state index in [1.54, 1.807) is 0 Å². The zero-order valence-corrected chi connectivity index (χ0v) is 19.0. The van der Waals surface area contributed by atoms with Crippen LogP contribution in [0, 0.1) is 17.8 Å². The van der Waals surface area contributed by atoms with Crippen molar-refractivity contribution < 1.29 is 34.1 Å². The van der Waals surface area contributed by atoms with Crippen LogP contribution in [0.25, 0.3) is 11.2 Å². The number of carbonyl (C=O) groups is 3. The van der Waals surface area contributed by atoms with Crippen LogP contribution in [0.15, 0.2) is 4.79 Å². The summed E-state index contributed by atoms with van der Waals surface area (Å²) in [4.78, 5) is 56.3. The Morgan fingerprint density at radius 2 is 1.82 bits per heavy atom. The summed E-state index contributed by atoms with van der Waals surface area (Å²) in [5.41, 5.74) is 5.53. The number of esters is 1. The second kappa shape index (κ2) is 9.22. The normalized spacial score (nSPS) is 24.4. The summed E-state index contributed by atoms with van der Waals surface area (Å²) >= 11 is 6.32. The van der Waals surface area contributed by atoms with Crippen molar-refractivity contribution >= 4 is 46.6 Å². The molecule has 3 heterocycles. The lowest BCUT2D eigenvalue weighted by Gasteiger charge is -2.21. The fourth-order valence-electron chi connectivity index (χ4n) is 4.53. The standard InChI is InChI=1S/C20H24ClN5O8/c1-8(27)33-7-12-10(4-13(28)29)11(5-14(30)31)18(34-12)26-17-15(16(21)23-19(22)24-17)25(20(26)32)6-9-2-3-9/h9-12,18H,2-7H2,1H3,(H,28,29)(H,30,31)(H2,22,23,24)/t10-,11+,12-,18+/m0/s1. The van der Waals surface area contributed by atoms with E-state index < -0.39 is 60.6 Å². The Hall–Kier alpha value is -3.19. The number of imidazole rings is 1. The number of halogens is 1. The van der Waals surface area contributed by atoms with E-state index in [0.717, 1.165) is 17.4 Å². The average molecular weight is 498 g/mol. The SMILES string of the molecule is CC(=O)OC[C@@H]1O[C@@H](n2c(=O)n(CC3CC3)c3c(Cl)nc(N)nc32)[C@H](CC(=O)O)[C@@H]1CC(=O)O. The molecule has 4 rings (SSSR count). The molecule has 1 aliphatic carbocycles. The second-order valence-corrected chi connectivity index (χ2v) is 9.00. The van der Waals surface area contributed by atoms with Crippen LogP contribution >= 0.6 is 11.6 Å². The van der Waals surface area contributed by atoms with Crippen molar-refractivity contribution in [2.45, 2.75) is 51.5 Å². The van der Waals surface area contributed by atoms with Gasteiger partial charge in [0.1, 0.15) is 18.4 Å². The average Bonchev–Trinajstić information content (AvgIpc) is 3.43. The molecule has 2 aromatic rings. The largest absolute Gasteiger partial charge is 0.481 e. The van der Waals surface area contributed by atoms with Gasteiger partial charge in [0.05, 0.1) is 18.9 Å². The Bertz CT molecular complexity index is 1210. The molecular weight excluding hydrogens is 474 g/mol. The highest BCUT2D eigenvalue weighted by Gasteiger charge is 2.49. The number of carboxylic acids is 2. The summed E-state index contributed by atoms with van der Waals surface area (Å²) in [6.45, 7) is 1.25. The predicted octanol–water partition coefficient (Wildman–Crippen LogP) is 0.881. The maximum absolute atomic E-state index is 13.6. The summed E-state index contributed by atoms with van der Waals surface area (Å²) in [6, 6.07) is 0. The quantitative estimate of drug-likeness (QED) is 0.329. The second-order valence-electron chi connectivity index (χ2n) is 8.64. The van der Waals surface area contributed by atoms with E-state index in [1.807, 2.05) is 0 Å². The molecule has 184 valence electrons. The lowest BCUT2D eigenvalue weighted by Crippen LogP contribution is -2.32. The van der Waals surface area contributed by atoms with Crippen molar-refractivity contribution in [3.8, 4) is 0 Å².